The Morgan fingerprint density at radius 1 is 1.50 bits per heavy atom. The van der Waals surface area contributed by atoms with Crippen molar-refractivity contribution >= 4 is 6.01 Å². The zero-order valence-corrected chi connectivity index (χ0v) is 9.16. The van der Waals surface area contributed by atoms with Gasteiger partial charge in [0.25, 0.3) is 6.01 Å². The third-order valence-electron chi connectivity index (χ3n) is 2.38. The maximum Gasteiger partial charge on any atom is 0.297 e. The van der Waals surface area contributed by atoms with E-state index in [1.165, 1.54) is 0 Å². The minimum absolute atomic E-state index is 0.242. The molecule has 0 spiro atoms. The van der Waals surface area contributed by atoms with Crippen LogP contribution in [0.1, 0.15) is 32.4 Å². The molecule has 80 valence electrons. The standard InChI is InChI=1S/C10H19N3O/c1-4-13(5-2)10-12-7-9(14-10)8(3)6-11/h7-8H,4-6,11H2,1-3H3. The van der Waals surface area contributed by atoms with Crippen molar-refractivity contribution < 1.29 is 4.42 Å². The predicted molar refractivity (Wildman–Crippen MR) is 57.5 cm³/mol. The molecule has 14 heavy (non-hydrogen) atoms. The molecule has 0 fully saturated rings. The van der Waals surface area contributed by atoms with Crippen molar-refractivity contribution in [2.75, 3.05) is 24.5 Å². The highest BCUT2D eigenvalue weighted by molar-refractivity contribution is 5.26. The van der Waals surface area contributed by atoms with Crippen molar-refractivity contribution in [3.8, 4) is 0 Å². The molecule has 0 amide bonds. The number of hydrogen-bond acceptors (Lipinski definition) is 4. The number of hydrogen-bond donors (Lipinski definition) is 1. The topological polar surface area (TPSA) is 55.3 Å². The van der Waals surface area contributed by atoms with Gasteiger partial charge in [0.15, 0.2) is 0 Å². The molecule has 4 heteroatoms. The van der Waals surface area contributed by atoms with Gasteiger partial charge in [-0.2, -0.15) is 0 Å². The molecule has 1 heterocycles. The number of nitrogens with two attached hydrogens (primary N) is 1. The first-order chi connectivity index (χ1) is 6.72. The van der Waals surface area contributed by atoms with Crippen molar-refractivity contribution in [1.29, 1.82) is 0 Å². The first-order valence-electron chi connectivity index (χ1n) is 5.13. The number of aromatic nitrogens is 1. The van der Waals surface area contributed by atoms with E-state index in [1.807, 2.05) is 6.92 Å². The van der Waals surface area contributed by atoms with Crippen LogP contribution in [0.25, 0.3) is 0 Å². The first-order valence-corrected chi connectivity index (χ1v) is 5.13. The summed E-state index contributed by atoms with van der Waals surface area (Å²) in [7, 11) is 0. The van der Waals surface area contributed by atoms with Gasteiger partial charge in [-0.05, 0) is 13.8 Å². The summed E-state index contributed by atoms with van der Waals surface area (Å²) in [5, 5.41) is 0. The van der Waals surface area contributed by atoms with Gasteiger partial charge in [-0.1, -0.05) is 6.92 Å². The van der Waals surface area contributed by atoms with E-state index in [0.717, 1.165) is 18.8 Å². The van der Waals surface area contributed by atoms with Crippen LogP contribution in [-0.4, -0.2) is 24.6 Å². The van der Waals surface area contributed by atoms with Gasteiger partial charge < -0.3 is 15.1 Å². The van der Waals surface area contributed by atoms with Crippen LogP contribution in [0, 0.1) is 0 Å². The summed E-state index contributed by atoms with van der Waals surface area (Å²) in [6.45, 7) is 8.61. The van der Waals surface area contributed by atoms with E-state index in [-0.39, 0.29) is 5.92 Å². The molecule has 0 aliphatic carbocycles. The molecular weight excluding hydrogens is 178 g/mol. The van der Waals surface area contributed by atoms with Crippen LogP contribution < -0.4 is 10.6 Å². The van der Waals surface area contributed by atoms with Crippen LogP contribution in [0.4, 0.5) is 6.01 Å². The number of rotatable bonds is 5. The summed E-state index contributed by atoms with van der Waals surface area (Å²) >= 11 is 0. The Kier molecular flexibility index (Phi) is 3.95. The van der Waals surface area contributed by atoms with E-state index in [1.54, 1.807) is 6.20 Å². The van der Waals surface area contributed by atoms with Crippen molar-refractivity contribution in [1.82, 2.24) is 4.98 Å². The SMILES string of the molecule is CCN(CC)c1ncc(C(C)CN)o1. The van der Waals surface area contributed by atoms with E-state index in [9.17, 15) is 0 Å². The Hall–Kier alpha value is -1.03. The summed E-state index contributed by atoms with van der Waals surface area (Å²) < 4.78 is 5.62. The maximum atomic E-state index is 5.62. The Bertz CT molecular complexity index is 268. The van der Waals surface area contributed by atoms with Gasteiger partial charge in [0.2, 0.25) is 0 Å². The highest BCUT2D eigenvalue weighted by Gasteiger charge is 2.13. The van der Waals surface area contributed by atoms with Crippen molar-refractivity contribution in [3.63, 3.8) is 0 Å². The second-order valence-corrected chi connectivity index (χ2v) is 3.35. The van der Waals surface area contributed by atoms with Gasteiger partial charge >= 0.3 is 0 Å². The monoisotopic (exact) mass is 197 g/mol. The molecule has 2 N–H and O–H groups in total. The van der Waals surface area contributed by atoms with Gasteiger partial charge in [0.1, 0.15) is 5.76 Å². The maximum absolute atomic E-state index is 5.62. The van der Waals surface area contributed by atoms with Crippen molar-refractivity contribution in [2.45, 2.75) is 26.7 Å². The fourth-order valence-electron chi connectivity index (χ4n) is 1.26. The Balaban J connectivity index is 2.76. The normalized spacial score (nSPS) is 12.9. The van der Waals surface area contributed by atoms with E-state index < -0.39 is 0 Å². The lowest BCUT2D eigenvalue weighted by Crippen LogP contribution is -2.21. The number of nitrogens with zero attached hydrogens (tertiary/aromatic N) is 2. The molecule has 0 aliphatic rings. The number of anilines is 1. The summed E-state index contributed by atoms with van der Waals surface area (Å²) in [6.07, 6.45) is 1.77. The average Bonchev–Trinajstić information content (AvgIpc) is 2.68. The molecule has 0 radical (unpaired) electrons. The largest absolute Gasteiger partial charge is 0.428 e. The fraction of sp³-hybridized carbons (Fsp3) is 0.700. The van der Waals surface area contributed by atoms with E-state index >= 15 is 0 Å². The summed E-state index contributed by atoms with van der Waals surface area (Å²) in [6, 6.07) is 0.699. The van der Waals surface area contributed by atoms with Crippen LogP contribution in [-0.2, 0) is 0 Å². The van der Waals surface area contributed by atoms with Crippen LogP contribution >= 0.6 is 0 Å². The van der Waals surface area contributed by atoms with Gasteiger partial charge in [-0.15, -0.1) is 0 Å². The molecule has 0 saturated carbocycles. The Morgan fingerprint density at radius 2 is 2.14 bits per heavy atom. The summed E-state index contributed by atoms with van der Waals surface area (Å²) in [5.41, 5.74) is 5.55. The molecule has 0 aliphatic heterocycles. The second kappa shape index (κ2) is 5.00. The average molecular weight is 197 g/mol. The third-order valence-corrected chi connectivity index (χ3v) is 2.38. The van der Waals surface area contributed by atoms with Crippen LogP contribution in [0.2, 0.25) is 0 Å². The minimum atomic E-state index is 0.242. The van der Waals surface area contributed by atoms with E-state index in [0.29, 0.717) is 12.6 Å². The van der Waals surface area contributed by atoms with Crippen LogP contribution in [0.15, 0.2) is 10.6 Å². The van der Waals surface area contributed by atoms with Gasteiger partial charge in [-0.3, -0.25) is 0 Å². The van der Waals surface area contributed by atoms with Gasteiger partial charge in [0.05, 0.1) is 6.20 Å². The predicted octanol–water partition coefficient (Wildman–Crippen LogP) is 1.58. The van der Waals surface area contributed by atoms with Crippen molar-refractivity contribution in [2.24, 2.45) is 5.73 Å². The minimum Gasteiger partial charge on any atom is -0.428 e. The molecular formula is C10H19N3O. The second-order valence-electron chi connectivity index (χ2n) is 3.35. The number of oxazole rings is 1. The molecule has 1 rings (SSSR count). The molecule has 1 unspecified atom stereocenters. The smallest absolute Gasteiger partial charge is 0.297 e. The summed E-state index contributed by atoms with van der Waals surface area (Å²) in [5.74, 6) is 1.11. The Labute approximate surface area is 85.1 Å². The van der Waals surface area contributed by atoms with Crippen LogP contribution in [0.5, 0.6) is 0 Å². The molecule has 0 bridgehead atoms. The molecule has 0 aromatic carbocycles. The molecule has 1 atom stereocenters. The lowest BCUT2D eigenvalue weighted by molar-refractivity contribution is 0.468. The van der Waals surface area contributed by atoms with E-state index in [4.69, 9.17) is 10.2 Å². The quantitative estimate of drug-likeness (QED) is 0.778. The van der Waals surface area contributed by atoms with E-state index in [2.05, 4.69) is 23.7 Å². The summed E-state index contributed by atoms with van der Waals surface area (Å²) in [4.78, 5) is 6.31. The lowest BCUT2D eigenvalue weighted by Gasteiger charge is -2.15. The third kappa shape index (κ3) is 2.26. The molecule has 0 saturated heterocycles. The van der Waals surface area contributed by atoms with Gasteiger partial charge in [0, 0.05) is 25.6 Å². The molecule has 1 aromatic rings. The first kappa shape index (κ1) is 11.0. The zero-order chi connectivity index (χ0) is 10.6. The lowest BCUT2D eigenvalue weighted by atomic mass is 10.1. The fourth-order valence-corrected chi connectivity index (χ4v) is 1.26. The highest BCUT2D eigenvalue weighted by Crippen LogP contribution is 2.20. The van der Waals surface area contributed by atoms with Crippen molar-refractivity contribution in [3.05, 3.63) is 12.0 Å². The van der Waals surface area contributed by atoms with Gasteiger partial charge in [-0.25, -0.2) is 4.98 Å². The molecule has 4 nitrogen and oxygen atoms in total. The Morgan fingerprint density at radius 3 is 2.64 bits per heavy atom. The molecule has 1 aromatic heterocycles. The van der Waals surface area contributed by atoms with Crippen LogP contribution in [0.3, 0.4) is 0 Å². The zero-order valence-electron chi connectivity index (χ0n) is 9.16. The highest BCUT2D eigenvalue weighted by atomic mass is 16.4.